The van der Waals surface area contributed by atoms with Crippen LogP contribution in [0.15, 0.2) is 18.3 Å². The van der Waals surface area contributed by atoms with Gasteiger partial charge < -0.3 is 5.32 Å². The smallest absolute Gasteiger partial charge is 0.152 e. The molecule has 6 heteroatoms. The van der Waals surface area contributed by atoms with E-state index < -0.39 is 9.84 Å². The van der Waals surface area contributed by atoms with Crippen molar-refractivity contribution in [2.45, 2.75) is 19.9 Å². The normalized spacial score (nSPS) is 19.2. The molecule has 0 amide bonds. The van der Waals surface area contributed by atoms with E-state index in [1.165, 1.54) is 0 Å². The molecule has 1 fully saturated rings. The number of hydrogen-bond donors (Lipinski definition) is 1. The van der Waals surface area contributed by atoms with Crippen molar-refractivity contribution < 1.29 is 8.42 Å². The average Bonchev–Trinajstić information content (AvgIpc) is 2.40. The largest absolute Gasteiger partial charge is 0.370 e. The predicted molar refractivity (Wildman–Crippen MR) is 76.9 cm³/mol. The molecule has 0 bridgehead atoms. The summed E-state index contributed by atoms with van der Waals surface area (Å²) in [5.41, 5.74) is 1.13. The van der Waals surface area contributed by atoms with E-state index in [9.17, 15) is 8.42 Å². The lowest BCUT2D eigenvalue weighted by Crippen LogP contribution is -2.39. The van der Waals surface area contributed by atoms with Gasteiger partial charge in [0, 0.05) is 32.4 Å². The average molecular weight is 283 g/mol. The number of nitrogens with one attached hydrogen (secondary N) is 1. The number of sulfone groups is 1. The Morgan fingerprint density at radius 3 is 2.63 bits per heavy atom. The quantitative estimate of drug-likeness (QED) is 0.878. The summed E-state index contributed by atoms with van der Waals surface area (Å²) < 4.78 is 22.7. The minimum absolute atomic E-state index is 0.274. The lowest BCUT2D eigenvalue weighted by atomic mass is 10.2. The Hall–Kier alpha value is -1.14. The Labute approximate surface area is 114 Å². The highest BCUT2D eigenvalue weighted by molar-refractivity contribution is 7.91. The van der Waals surface area contributed by atoms with Gasteiger partial charge in [-0.15, -0.1) is 0 Å². The summed E-state index contributed by atoms with van der Waals surface area (Å²) in [5.74, 6) is 1.44. The van der Waals surface area contributed by atoms with E-state index in [2.05, 4.69) is 22.1 Å². The third kappa shape index (κ3) is 4.47. The van der Waals surface area contributed by atoms with Gasteiger partial charge in [-0.1, -0.05) is 13.0 Å². The highest BCUT2D eigenvalue weighted by atomic mass is 32.2. The maximum atomic E-state index is 11.3. The number of aromatic nitrogens is 1. The van der Waals surface area contributed by atoms with Crippen LogP contribution < -0.4 is 5.32 Å². The fourth-order valence-corrected chi connectivity index (χ4v) is 3.32. The number of nitrogens with zero attached hydrogens (tertiary/aromatic N) is 2. The second kappa shape index (κ2) is 6.34. The molecular formula is C13H21N3O2S. The molecule has 0 unspecified atom stereocenters. The van der Waals surface area contributed by atoms with Crippen LogP contribution in [-0.4, -0.2) is 49.4 Å². The molecule has 1 aliphatic rings. The van der Waals surface area contributed by atoms with Gasteiger partial charge in [-0.05, 0) is 18.1 Å². The number of rotatable bonds is 5. The molecule has 1 aromatic rings. The molecule has 0 atom stereocenters. The number of hydrogen-bond acceptors (Lipinski definition) is 5. The standard InChI is InChI=1S/C13H21N3O2S/c1-2-5-14-13-4-3-12(10-15-13)11-16-6-8-19(17,18)9-7-16/h3-4,10H,2,5-9,11H2,1H3,(H,14,15). The van der Waals surface area contributed by atoms with Crippen molar-refractivity contribution in [1.82, 2.24) is 9.88 Å². The van der Waals surface area contributed by atoms with Crippen LogP contribution in [0.25, 0.3) is 0 Å². The number of pyridine rings is 1. The molecule has 0 spiro atoms. The topological polar surface area (TPSA) is 62.3 Å². The lowest BCUT2D eigenvalue weighted by Gasteiger charge is -2.26. The van der Waals surface area contributed by atoms with Crippen LogP contribution in [0.1, 0.15) is 18.9 Å². The van der Waals surface area contributed by atoms with E-state index >= 15 is 0 Å². The van der Waals surface area contributed by atoms with Crippen LogP contribution in [0.5, 0.6) is 0 Å². The predicted octanol–water partition coefficient (Wildman–Crippen LogP) is 1.13. The molecular weight excluding hydrogens is 262 g/mol. The summed E-state index contributed by atoms with van der Waals surface area (Å²) in [5, 5.41) is 3.23. The molecule has 1 N–H and O–H groups in total. The van der Waals surface area contributed by atoms with E-state index in [4.69, 9.17) is 0 Å². The Morgan fingerprint density at radius 2 is 2.05 bits per heavy atom. The second-order valence-corrected chi connectivity index (χ2v) is 7.21. The summed E-state index contributed by atoms with van der Waals surface area (Å²) in [6.07, 6.45) is 2.94. The van der Waals surface area contributed by atoms with Crippen LogP contribution in [-0.2, 0) is 16.4 Å². The summed E-state index contributed by atoms with van der Waals surface area (Å²) >= 11 is 0. The summed E-state index contributed by atoms with van der Waals surface area (Å²) in [6, 6.07) is 4.03. The molecule has 1 aliphatic heterocycles. The van der Waals surface area contributed by atoms with E-state index in [-0.39, 0.29) is 11.5 Å². The first-order valence-electron chi connectivity index (χ1n) is 6.70. The summed E-state index contributed by atoms with van der Waals surface area (Å²) in [7, 11) is -2.79. The molecule has 0 radical (unpaired) electrons. The lowest BCUT2D eigenvalue weighted by molar-refractivity contribution is 0.287. The second-order valence-electron chi connectivity index (χ2n) is 4.91. The van der Waals surface area contributed by atoms with Crippen molar-refractivity contribution in [2.75, 3.05) is 36.5 Å². The van der Waals surface area contributed by atoms with Crippen molar-refractivity contribution in [2.24, 2.45) is 0 Å². The Kier molecular flexibility index (Phi) is 4.76. The number of anilines is 1. The zero-order chi connectivity index (χ0) is 13.7. The highest BCUT2D eigenvalue weighted by Crippen LogP contribution is 2.11. The molecule has 2 heterocycles. The molecule has 0 saturated carbocycles. The van der Waals surface area contributed by atoms with E-state index in [0.717, 1.165) is 30.9 Å². The highest BCUT2D eigenvalue weighted by Gasteiger charge is 2.21. The van der Waals surface area contributed by atoms with E-state index in [0.29, 0.717) is 13.1 Å². The Bertz CT molecular complexity index is 485. The van der Waals surface area contributed by atoms with Gasteiger partial charge in [-0.3, -0.25) is 4.90 Å². The molecule has 106 valence electrons. The third-order valence-corrected chi connectivity index (χ3v) is 4.83. The molecule has 19 heavy (non-hydrogen) atoms. The summed E-state index contributed by atoms with van der Waals surface area (Å²) in [4.78, 5) is 6.52. The molecule has 2 rings (SSSR count). The Morgan fingerprint density at radius 1 is 1.32 bits per heavy atom. The van der Waals surface area contributed by atoms with E-state index in [1.807, 2.05) is 18.3 Å². The summed E-state index contributed by atoms with van der Waals surface area (Å²) in [6.45, 7) is 5.06. The van der Waals surface area contributed by atoms with Crippen molar-refractivity contribution >= 4 is 15.7 Å². The van der Waals surface area contributed by atoms with Crippen LogP contribution >= 0.6 is 0 Å². The first-order valence-corrected chi connectivity index (χ1v) is 8.53. The van der Waals surface area contributed by atoms with Gasteiger partial charge in [0.25, 0.3) is 0 Å². The van der Waals surface area contributed by atoms with Gasteiger partial charge in [-0.25, -0.2) is 13.4 Å². The zero-order valence-electron chi connectivity index (χ0n) is 11.3. The maximum absolute atomic E-state index is 11.3. The van der Waals surface area contributed by atoms with Gasteiger partial charge >= 0.3 is 0 Å². The molecule has 0 aliphatic carbocycles. The minimum Gasteiger partial charge on any atom is -0.370 e. The first kappa shape index (κ1) is 14.3. The van der Waals surface area contributed by atoms with Crippen LogP contribution in [0.3, 0.4) is 0 Å². The van der Waals surface area contributed by atoms with Crippen LogP contribution in [0.4, 0.5) is 5.82 Å². The van der Waals surface area contributed by atoms with Crippen molar-refractivity contribution in [3.63, 3.8) is 0 Å². The van der Waals surface area contributed by atoms with Crippen LogP contribution in [0, 0.1) is 0 Å². The molecule has 5 nitrogen and oxygen atoms in total. The fourth-order valence-electron chi connectivity index (χ4n) is 2.04. The third-order valence-electron chi connectivity index (χ3n) is 3.22. The Balaban J connectivity index is 1.86. The monoisotopic (exact) mass is 283 g/mol. The van der Waals surface area contributed by atoms with Crippen molar-refractivity contribution in [1.29, 1.82) is 0 Å². The van der Waals surface area contributed by atoms with Gasteiger partial charge in [0.1, 0.15) is 5.82 Å². The minimum atomic E-state index is -2.79. The van der Waals surface area contributed by atoms with Crippen molar-refractivity contribution in [3.05, 3.63) is 23.9 Å². The van der Waals surface area contributed by atoms with E-state index in [1.54, 1.807) is 0 Å². The van der Waals surface area contributed by atoms with Gasteiger partial charge in [0.2, 0.25) is 0 Å². The van der Waals surface area contributed by atoms with Gasteiger partial charge in [0.15, 0.2) is 9.84 Å². The zero-order valence-corrected chi connectivity index (χ0v) is 12.1. The van der Waals surface area contributed by atoms with Gasteiger partial charge in [-0.2, -0.15) is 0 Å². The maximum Gasteiger partial charge on any atom is 0.152 e. The van der Waals surface area contributed by atoms with Crippen LogP contribution in [0.2, 0.25) is 0 Å². The van der Waals surface area contributed by atoms with Gasteiger partial charge in [0.05, 0.1) is 11.5 Å². The SMILES string of the molecule is CCCNc1ccc(CN2CCS(=O)(=O)CC2)cn1. The fraction of sp³-hybridized carbons (Fsp3) is 0.615. The first-order chi connectivity index (χ1) is 9.09. The molecule has 1 aromatic heterocycles. The molecule has 1 saturated heterocycles. The molecule has 0 aromatic carbocycles. The van der Waals surface area contributed by atoms with Crippen molar-refractivity contribution in [3.8, 4) is 0 Å².